The van der Waals surface area contributed by atoms with E-state index in [0.29, 0.717) is 11.6 Å². The molecule has 0 atom stereocenters. The minimum absolute atomic E-state index is 0.118. The molecule has 0 spiro atoms. The predicted octanol–water partition coefficient (Wildman–Crippen LogP) is 2.23. The highest BCUT2D eigenvalue weighted by molar-refractivity contribution is 8.00. The normalized spacial score (nSPS) is 10.7. The molecule has 1 aromatic carbocycles. The number of rotatable bonds is 5. The van der Waals surface area contributed by atoms with Crippen LogP contribution in [0.15, 0.2) is 28.6 Å². The van der Waals surface area contributed by atoms with Crippen molar-refractivity contribution in [1.29, 1.82) is 0 Å². The van der Waals surface area contributed by atoms with Gasteiger partial charge in [0, 0.05) is 5.69 Å². The molecular weight excluding hydrogens is 332 g/mol. The maximum absolute atomic E-state index is 5.55. The van der Waals surface area contributed by atoms with E-state index < -0.39 is 0 Å². The van der Waals surface area contributed by atoms with Crippen molar-refractivity contribution in [3.63, 3.8) is 0 Å². The van der Waals surface area contributed by atoms with Crippen LogP contribution in [0.3, 0.4) is 0 Å². The average Bonchev–Trinajstić information content (AvgIpc) is 2.94. The lowest BCUT2D eigenvalue weighted by Crippen LogP contribution is -2.05. The van der Waals surface area contributed by atoms with Gasteiger partial charge in [-0.2, -0.15) is 15.0 Å². The highest BCUT2D eigenvalue weighted by Crippen LogP contribution is 2.30. The van der Waals surface area contributed by atoms with Gasteiger partial charge in [0.25, 0.3) is 0 Å². The summed E-state index contributed by atoms with van der Waals surface area (Å²) in [5, 5.41) is 12.3. The van der Waals surface area contributed by atoms with Crippen LogP contribution < -0.4 is 16.8 Å². The van der Waals surface area contributed by atoms with E-state index in [1.807, 2.05) is 31.2 Å². The minimum Gasteiger partial charge on any atom is -0.368 e. The first-order valence-electron chi connectivity index (χ1n) is 6.65. The van der Waals surface area contributed by atoms with Crippen LogP contribution in [0.5, 0.6) is 0 Å². The maximum atomic E-state index is 5.55. The summed E-state index contributed by atoms with van der Waals surface area (Å²) < 4.78 is 0.804. The lowest BCUT2D eigenvalue weighted by molar-refractivity contribution is 0.980. The predicted molar refractivity (Wildman–Crippen MR) is 92.6 cm³/mol. The summed E-state index contributed by atoms with van der Waals surface area (Å²) in [6.07, 6.45) is 0. The van der Waals surface area contributed by atoms with Gasteiger partial charge in [-0.25, -0.2) is 0 Å². The second kappa shape index (κ2) is 6.75. The van der Waals surface area contributed by atoms with Gasteiger partial charge in [-0.05, 0) is 18.6 Å². The number of nitrogens with zero attached hydrogens (tertiary/aromatic N) is 5. The molecule has 118 valence electrons. The van der Waals surface area contributed by atoms with Crippen LogP contribution in [0.2, 0.25) is 0 Å². The molecule has 0 radical (unpaired) electrons. The zero-order valence-electron chi connectivity index (χ0n) is 12.2. The van der Waals surface area contributed by atoms with E-state index in [4.69, 9.17) is 11.5 Å². The second-order valence-corrected chi connectivity index (χ2v) is 6.77. The molecule has 8 nitrogen and oxygen atoms in total. The number of anilines is 4. The largest absolute Gasteiger partial charge is 0.368 e. The van der Waals surface area contributed by atoms with E-state index in [2.05, 4.69) is 30.5 Å². The smallest absolute Gasteiger partial charge is 0.225 e. The highest BCUT2D eigenvalue weighted by Gasteiger charge is 2.08. The van der Waals surface area contributed by atoms with Crippen LogP contribution >= 0.6 is 23.1 Å². The summed E-state index contributed by atoms with van der Waals surface area (Å²) in [5.41, 5.74) is 13.3. The van der Waals surface area contributed by atoms with Gasteiger partial charge in [0.05, 0.1) is 5.75 Å². The molecule has 0 unspecified atom stereocenters. The number of para-hydroxylation sites is 1. The van der Waals surface area contributed by atoms with Gasteiger partial charge in [-0.3, -0.25) is 0 Å². The maximum Gasteiger partial charge on any atom is 0.225 e. The number of aryl methyl sites for hydroxylation is 1. The van der Waals surface area contributed by atoms with Gasteiger partial charge >= 0.3 is 0 Å². The summed E-state index contributed by atoms with van der Waals surface area (Å²) in [6, 6.07) is 8.00. The molecular formula is C13H14N8S2. The lowest BCUT2D eigenvalue weighted by atomic mass is 10.2. The van der Waals surface area contributed by atoms with Crippen molar-refractivity contribution >= 4 is 45.8 Å². The Hall–Kier alpha value is -2.46. The van der Waals surface area contributed by atoms with Crippen LogP contribution in [0.1, 0.15) is 11.4 Å². The zero-order valence-corrected chi connectivity index (χ0v) is 13.9. The number of hydrogen-bond acceptors (Lipinski definition) is 10. The molecule has 2 heterocycles. The molecule has 10 heteroatoms. The quantitative estimate of drug-likeness (QED) is 0.595. The molecule has 0 aliphatic heterocycles. The molecule has 23 heavy (non-hydrogen) atoms. The zero-order chi connectivity index (χ0) is 16.2. The summed E-state index contributed by atoms with van der Waals surface area (Å²) in [7, 11) is 0. The Kier molecular flexibility index (Phi) is 4.53. The van der Waals surface area contributed by atoms with Crippen molar-refractivity contribution in [1.82, 2.24) is 25.1 Å². The van der Waals surface area contributed by atoms with Gasteiger partial charge in [-0.15, -0.1) is 10.2 Å². The SMILES string of the molecule is Cc1ccccc1Nc1nnc(SCc2nc(N)nc(N)n2)s1. The third-order valence-corrected chi connectivity index (χ3v) is 4.80. The highest BCUT2D eigenvalue weighted by atomic mass is 32.2. The molecule has 0 aliphatic rings. The van der Waals surface area contributed by atoms with Crippen LogP contribution in [-0.2, 0) is 5.75 Å². The number of thioether (sulfide) groups is 1. The number of hydrogen-bond donors (Lipinski definition) is 3. The molecule has 3 aromatic rings. The number of nitrogen functional groups attached to an aromatic ring is 2. The molecule has 2 aromatic heterocycles. The van der Waals surface area contributed by atoms with E-state index in [0.717, 1.165) is 20.7 Å². The van der Waals surface area contributed by atoms with Crippen molar-refractivity contribution in [2.24, 2.45) is 0 Å². The fourth-order valence-electron chi connectivity index (χ4n) is 1.79. The number of aromatic nitrogens is 5. The van der Waals surface area contributed by atoms with E-state index in [-0.39, 0.29) is 11.9 Å². The second-order valence-electron chi connectivity index (χ2n) is 4.57. The Bertz CT molecular complexity index is 799. The summed E-state index contributed by atoms with van der Waals surface area (Å²) in [6.45, 7) is 2.04. The minimum atomic E-state index is 0.118. The van der Waals surface area contributed by atoms with Crippen LogP contribution in [-0.4, -0.2) is 25.1 Å². The number of nitrogens with two attached hydrogens (primary N) is 2. The fourth-order valence-corrected chi connectivity index (χ4v) is 3.41. The molecule has 5 N–H and O–H groups in total. The topological polar surface area (TPSA) is 129 Å². The fraction of sp³-hybridized carbons (Fsp3) is 0.154. The van der Waals surface area contributed by atoms with E-state index in [1.54, 1.807) is 0 Å². The van der Waals surface area contributed by atoms with E-state index >= 15 is 0 Å². The van der Waals surface area contributed by atoms with Gasteiger partial charge in [0.2, 0.25) is 17.0 Å². The van der Waals surface area contributed by atoms with Crippen molar-refractivity contribution in [2.75, 3.05) is 16.8 Å². The Morgan fingerprint density at radius 1 is 1.09 bits per heavy atom. The first kappa shape index (κ1) is 15.4. The third kappa shape index (κ3) is 4.05. The van der Waals surface area contributed by atoms with Crippen molar-refractivity contribution in [3.05, 3.63) is 35.7 Å². The third-order valence-electron chi connectivity index (χ3n) is 2.83. The van der Waals surface area contributed by atoms with Gasteiger partial charge in [0.1, 0.15) is 5.82 Å². The standard InChI is InChI=1S/C13H14N8S2/c1-7-4-2-3-5-8(7)16-12-20-21-13(23-12)22-6-9-17-10(14)19-11(15)18-9/h2-5H,6H2,1H3,(H,16,20)(H4,14,15,17,18,19). The monoisotopic (exact) mass is 346 g/mol. The molecule has 0 saturated heterocycles. The Balaban J connectivity index is 1.64. The summed E-state index contributed by atoms with van der Waals surface area (Å²) in [4.78, 5) is 11.8. The Labute approximate surface area is 140 Å². The Morgan fingerprint density at radius 3 is 2.57 bits per heavy atom. The van der Waals surface area contributed by atoms with E-state index in [1.165, 1.54) is 23.1 Å². The first-order valence-corrected chi connectivity index (χ1v) is 8.45. The number of nitrogens with one attached hydrogen (secondary N) is 1. The Morgan fingerprint density at radius 2 is 1.83 bits per heavy atom. The summed E-state index contributed by atoms with van der Waals surface area (Å²) >= 11 is 2.93. The number of benzene rings is 1. The molecule has 0 aliphatic carbocycles. The molecule has 0 amide bonds. The molecule has 0 saturated carbocycles. The van der Waals surface area contributed by atoms with Crippen molar-refractivity contribution in [2.45, 2.75) is 17.0 Å². The van der Waals surface area contributed by atoms with Crippen molar-refractivity contribution < 1.29 is 0 Å². The van der Waals surface area contributed by atoms with Crippen LogP contribution in [0.4, 0.5) is 22.7 Å². The van der Waals surface area contributed by atoms with Gasteiger partial charge in [-0.1, -0.05) is 41.3 Å². The van der Waals surface area contributed by atoms with E-state index in [9.17, 15) is 0 Å². The lowest BCUT2D eigenvalue weighted by Gasteiger charge is -2.04. The van der Waals surface area contributed by atoms with Crippen LogP contribution in [0, 0.1) is 6.92 Å². The molecule has 0 fully saturated rings. The van der Waals surface area contributed by atoms with Gasteiger partial charge < -0.3 is 16.8 Å². The first-order chi connectivity index (χ1) is 11.1. The molecule has 0 bridgehead atoms. The van der Waals surface area contributed by atoms with Crippen molar-refractivity contribution in [3.8, 4) is 0 Å². The average molecular weight is 346 g/mol. The molecule has 3 rings (SSSR count). The summed E-state index contributed by atoms with van der Waals surface area (Å²) in [5.74, 6) is 1.25. The van der Waals surface area contributed by atoms with Crippen LogP contribution in [0.25, 0.3) is 0 Å². The van der Waals surface area contributed by atoms with Gasteiger partial charge in [0.15, 0.2) is 4.34 Å².